The van der Waals surface area contributed by atoms with Gasteiger partial charge in [-0.05, 0) is 18.8 Å². The standard InChI is InChI=1S/C26H54O4S.Na/c1-3-5-7-9-11-12-13-14-15-16-17-18-20-22-24-26(25-30-31(27,28)29)23-21-19-10-8-6-4-2;/h26H,3-25H2,1-2H3,(H,27,28,29);/q;+1/p-1. The van der Waals surface area contributed by atoms with Crippen LogP contribution in [0.25, 0.3) is 0 Å². The SMILES string of the molecule is CCCCCCCCCCCCCCCCC(CCCCCCCC)COS(=O)(=O)[O-].[Na+]. The zero-order valence-corrected chi connectivity index (χ0v) is 24.7. The minimum atomic E-state index is -4.57. The average molecular weight is 485 g/mol. The fourth-order valence-electron chi connectivity index (χ4n) is 4.33. The van der Waals surface area contributed by atoms with Crippen molar-refractivity contribution in [3.05, 3.63) is 0 Å². The number of hydrogen-bond acceptors (Lipinski definition) is 4. The summed E-state index contributed by atoms with van der Waals surface area (Å²) in [4.78, 5) is 0. The maximum absolute atomic E-state index is 10.8. The van der Waals surface area contributed by atoms with Crippen LogP contribution < -0.4 is 29.6 Å². The fraction of sp³-hybridized carbons (Fsp3) is 1.00. The van der Waals surface area contributed by atoms with Crippen molar-refractivity contribution < 1.29 is 46.7 Å². The van der Waals surface area contributed by atoms with Crippen LogP contribution in [-0.4, -0.2) is 19.6 Å². The van der Waals surface area contributed by atoms with Gasteiger partial charge in [-0.25, -0.2) is 8.42 Å². The van der Waals surface area contributed by atoms with Crippen LogP contribution in [0.4, 0.5) is 0 Å². The van der Waals surface area contributed by atoms with Crippen LogP contribution in [0.1, 0.15) is 155 Å². The van der Waals surface area contributed by atoms with E-state index in [1.165, 1.54) is 116 Å². The van der Waals surface area contributed by atoms with Crippen molar-refractivity contribution in [3.8, 4) is 0 Å². The molecule has 0 fully saturated rings. The van der Waals surface area contributed by atoms with E-state index in [4.69, 9.17) is 0 Å². The zero-order valence-electron chi connectivity index (χ0n) is 21.9. The number of rotatable bonds is 25. The maximum Gasteiger partial charge on any atom is 1.00 e. The molecule has 0 aromatic heterocycles. The Balaban J connectivity index is 0. The van der Waals surface area contributed by atoms with Gasteiger partial charge in [0.2, 0.25) is 10.4 Å². The average Bonchev–Trinajstić information content (AvgIpc) is 2.73. The molecule has 0 aromatic rings. The quantitative estimate of drug-likeness (QED) is 0.0721. The first-order valence-electron chi connectivity index (χ1n) is 13.6. The first-order valence-corrected chi connectivity index (χ1v) is 14.9. The summed E-state index contributed by atoms with van der Waals surface area (Å²) in [5, 5.41) is 0. The molecule has 1 atom stereocenters. The van der Waals surface area contributed by atoms with Gasteiger partial charge in [-0.2, -0.15) is 0 Å². The summed E-state index contributed by atoms with van der Waals surface area (Å²) in [6.45, 7) is 4.55. The van der Waals surface area contributed by atoms with Crippen LogP contribution in [0.5, 0.6) is 0 Å². The Hall–Kier alpha value is 0.870. The van der Waals surface area contributed by atoms with E-state index in [9.17, 15) is 13.0 Å². The van der Waals surface area contributed by atoms with Crippen LogP contribution in [0.2, 0.25) is 0 Å². The van der Waals surface area contributed by atoms with Gasteiger partial charge in [0, 0.05) is 0 Å². The van der Waals surface area contributed by atoms with Crippen LogP contribution in [-0.2, 0) is 14.6 Å². The minimum absolute atomic E-state index is 0. The molecule has 0 rings (SSSR count). The van der Waals surface area contributed by atoms with E-state index < -0.39 is 10.4 Å². The smallest absolute Gasteiger partial charge is 0.726 e. The molecule has 0 aliphatic heterocycles. The monoisotopic (exact) mass is 484 g/mol. The van der Waals surface area contributed by atoms with Gasteiger partial charge in [0.15, 0.2) is 0 Å². The summed E-state index contributed by atoms with van der Waals surface area (Å²) in [5.41, 5.74) is 0. The Morgan fingerprint density at radius 1 is 0.562 bits per heavy atom. The van der Waals surface area contributed by atoms with Crippen LogP contribution in [0.3, 0.4) is 0 Å². The molecule has 0 saturated carbocycles. The predicted molar refractivity (Wildman–Crippen MR) is 132 cm³/mol. The van der Waals surface area contributed by atoms with Gasteiger partial charge in [-0.1, -0.05) is 142 Å². The van der Waals surface area contributed by atoms with Gasteiger partial charge < -0.3 is 4.55 Å². The molecule has 0 radical (unpaired) electrons. The van der Waals surface area contributed by atoms with Crippen molar-refractivity contribution in [1.29, 1.82) is 0 Å². The molecule has 0 aliphatic rings. The maximum atomic E-state index is 10.8. The molecule has 0 spiro atoms. The molecule has 1 unspecified atom stereocenters. The topological polar surface area (TPSA) is 66.4 Å². The molecule has 0 N–H and O–H groups in total. The van der Waals surface area contributed by atoms with E-state index in [1.54, 1.807) is 0 Å². The fourth-order valence-corrected chi connectivity index (χ4v) is 4.69. The zero-order chi connectivity index (χ0) is 23.0. The molecule has 0 bridgehead atoms. The van der Waals surface area contributed by atoms with Crippen molar-refractivity contribution in [2.24, 2.45) is 5.92 Å². The van der Waals surface area contributed by atoms with Crippen LogP contribution in [0, 0.1) is 5.92 Å². The number of hydrogen-bond donors (Lipinski definition) is 0. The second-order valence-electron chi connectivity index (χ2n) is 9.50. The Labute approximate surface area is 223 Å². The van der Waals surface area contributed by atoms with Gasteiger partial charge in [0.1, 0.15) is 0 Å². The molecule has 32 heavy (non-hydrogen) atoms. The van der Waals surface area contributed by atoms with Crippen molar-refractivity contribution in [1.82, 2.24) is 0 Å². The minimum Gasteiger partial charge on any atom is -0.726 e. The molecule has 0 amide bonds. The Morgan fingerprint density at radius 3 is 1.12 bits per heavy atom. The molecule has 0 saturated heterocycles. The molecular weight excluding hydrogens is 431 g/mol. The van der Waals surface area contributed by atoms with E-state index >= 15 is 0 Å². The van der Waals surface area contributed by atoms with Crippen molar-refractivity contribution >= 4 is 10.4 Å². The third-order valence-electron chi connectivity index (χ3n) is 6.38. The van der Waals surface area contributed by atoms with Gasteiger partial charge in [-0.15, -0.1) is 0 Å². The summed E-state index contributed by atoms with van der Waals surface area (Å²) in [6.07, 6.45) is 28.1. The van der Waals surface area contributed by atoms with Crippen LogP contribution >= 0.6 is 0 Å². The second-order valence-corrected chi connectivity index (χ2v) is 10.6. The number of unbranched alkanes of at least 4 members (excludes halogenated alkanes) is 18. The van der Waals surface area contributed by atoms with Gasteiger partial charge >= 0.3 is 29.6 Å². The Morgan fingerprint density at radius 2 is 0.844 bits per heavy atom. The molecule has 6 heteroatoms. The Bertz CT molecular complexity index is 457. The summed E-state index contributed by atoms with van der Waals surface area (Å²) in [5.74, 6) is 0.201. The molecule has 0 aromatic carbocycles. The molecular formula is C26H53NaO4S. The summed E-state index contributed by atoms with van der Waals surface area (Å²) < 4.78 is 37.0. The van der Waals surface area contributed by atoms with Gasteiger partial charge in [0.25, 0.3) is 0 Å². The molecule has 4 nitrogen and oxygen atoms in total. The normalized spacial score (nSPS) is 12.6. The van der Waals surface area contributed by atoms with Crippen LogP contribution in [0.15, 0.2) is 0 Å². The van der Waals surface area contributed by atoms with E-state index in [0.717, 1.165) is 25.7 Å². The second kappa shape index (κ2) is 26.5. The van der Waals surface area contributed by atoms with Crippen molar-refractivity contribution in [3.63, 3.8) is 0 Å². The Kier molecular flexibility index (Phi) is 29.0. The van der Waals surface area contributed by atoms with Crippen molar-refractivity contribution in [2.75, 3.05) is 6.61 Å². The largest absolute Gasteiger partial charge is 1.00 e. The first kappa shape index (κ1) is 35.0. The summed E-state index contributed by atoms with van der Waals surface area (Å²) in [6, 6.07) is 0. The third-order valence-corrected chi connectivity index (χ3v) is 6.80. The molecule has 0 heterocycles. The first-order chi connectivity index (χ1) is 15.0. The van der Waals surface area contributed by atoms with Gasteiger partial charge in [-0.3, -0.25) is 4.18 Å². The van der Waals surface area contributed by atoms with E-state index in [0.29, 0.717) is 0 Å². The molecule has 0 aliphatic carbocycles. The van der Waals surface area contributed by atoms with E-state index in [2.05, 4.69) is 18.0 Å². The summed E-state index contributed by atoms with van der Waals surface area (Å²) >= 11 is 0. The van der Waals surface area contributed by atoms with Gasteiger partial charge in [0.05, 0.1) is 6.61 Å². The van der Waals surface area contributed by atoms with Crippen molar-refractivity contribution in [2.45, 2.75) is 155 Å². The summed E-state index contributed by atoms with van der Waals surface area (Å²) in [7, 11) is -4.57. The predicted octanol–water partition coefficient (Wildman–Crippen LogP) is 5.71. The van der Waals surface area contributed by atoms with E-state index in [-0.39, 0.29) is 42.1 Å². The van der Waals surface area contributed by atoms with E-state index in [1.807, 2.05) is 0 Å². The third kappa shape index (κ3) is 28.9. The molecule has 188 valence electrons.